The Morgan fingerprint density at radius 1 is 1.00 bits per heavy atom. The van der Waals surface area contributed by atoms with E-state index in [0.29, 0.717) is 28.5 Å². The zero-order chi connectivity index (χ0) is 21.8. The van der Waals surface area contributed by atoms with Gasteiger partial charge in [-0.05, 0) is 63.1 Å². The van der Waals surface area contributed by atoms with Crippen molar-refractivity contribution in [1.29, 1.82) is 0 Å². The SMILES string of the molecule is CC(C)Oc1ccc(C(=O)OCC(=O)Nc2ccc3c(c2)OC2(CCCCC2)O3)cc1. The van der Waals surface area contributed by atoms with Crippen molar-refractivity contribution in [3.8, 4) is 17.2 Å². The first-order valence-electron chi connectivity index (χ1n) is 10.7. The van der Waals surface area contributed by atoms with Gasteiger partial charge >= 0.3 is 5.97 Å². The maximum atomic E-state index is 12.2. The highest BCUT2D eigenvalue weighted by atomic mass is 16.7. The summed E-state index contributed by atoms with van der Waals surface area (Å²) in [6.45, 7) is 3.46. The molecule has 1 amide bonds. The molecule has 2 aromatic rings. The first-order chi connectivity index (χ1) is 14.9. The highest BCUT2D eigenvalue weighted by Gasteiger charge is 2.42. The van der Waals surface area contributed by atoms with Crippen molar-refractivity contribution in [2.45, 2.75) is 57.8 Å². The van der Waals surface area contributed by atoms with E-state index in [1.165, 1.54) is 6.42 Å². The summed E-state index contributed by atoms with van der Waals surface area (Å²) in [5, 5.41) is 2.73. The minimum atomic E-state index is -0.573. The Balaban J connectivity index is 1.29. The molecule has 7 heteroatoms. The molecule has 1 fully saturated rings. The Hall–Kier alpha value is -3.22. The largest absolute Gasteiger partial charge is 0.491 e. The second-order valence-electron chi connectivity index (χ2n) is 8.15. The van der Waals surface area contributed by atoms with E-state index >= 15 is 0 Å². The zero-order valence-electron chi connectivity index (χ0n) is 17.8. The summed E-state index contributed by atoms with van der Waals surface area (Å²) in [7, 11) is 0. The molecule has 1 N–H and O–H groups in total. The predicted molar refractivity (Wildman–Crippen MR) is 115 cm³/mol. The number of carbonyl (C=O) groups excluding carboxylic acids is 2. The van der Waals surface area contributed by atoms with Crippen LogP contribution >= 0.6 is 0 Å². The van der Waals surface area contributed by atoms with Crippen molar-refractivity contribution < 1.29 is 28.5 Å². The van der Waals surface area contributed by atoms with E-state index in [0.717, 1.165) is 25.7 Å². The third-order valence-corrected chi connectivity index (χ3v) is 5.23. The summed E-state index contributed by atoms with van der Waals surface area (Å²) in [6, 6.07) is 11.9. The third-order valence-electron chi connectivity index (χ3n) is 5.23. The summed E-state index contributed by atoms with van der Waals surface area (Å²) in [4.78, 5) is 24.4. The van der Waals surface area contributed by atoms with Crippen LogP contribution in [0.3, 0.4) is 0 Å². The Bertz CT molecular complexity index is 947. The van der Waals surface area contributed by atoms with Gasteiger partial charge in [0.25, 0.3) is 11.7 Å². The summed E-state index contributed by atoms with van der Waals surface area (Å²) < 4.78 is 22.8. The van der Waals surface area contributed by atoms with E-state index in [2.05, 4.69) is 5.32 Å². The van der Waals surface area contributed by atoms with Crippen molar-refractivity contribution in [3.05, 3.63) is 48.0 Å². The van der Waals surface area contributed by atoms with E-state index in [1.54, 1.807) is 42.5 Å². The fraction of sp³-hybridized carbons (Fsp3) is 0.417. The van der Waals surface area contributed by atoms with E-state index in [-0.39, 0.29) is 12.7 Å². The molecule has 1 aliphatic carbocycles. The number of hydrogen-bond acceptors (Lipinski definition) is 6. The minimum Gasteiger partial charge on any atom is -0.491 e. The molecule has 0 aromatic heterocycles. The highest BCUT2D eigenvalue weighted by Crippen LogP contribution is 2.46. The number of fused-ring (bicyclic) bond motifs is 1. The lowest BCUT2D eigenvalue weighted by Gasteiger charge is -2.31. The molecule has 1 heterocycles. The summed E-state index contributed by atoms with van der Waals surface area (Å²) in [5.41, 5.74) is 0.913. The van der Waals surface area contributed by atoms with Crippen LogP contribution in [0.5, 0.6) is 17.2 Å². The molecule has 1 saturated carbocycles. The van der Waals surface area contributed by atoms with Crippen molar-refractivity contribution >= 4 is 17.6 Å². The molecule has 0 bridgehead atoms. The molecule has 7 nitrogen and oxygen atoms in total. The average Bonchev–Trinajstić information content (AvgIpc) is 3.09. The van der Waals surface area contributed by atoms with Gasteiger partial charge in [-0.2, -0.15) is 0 Å². The second-order valence-corrected chi connectivity index (χ2v) is 8.15. The molecular formula is C24H27NO6. The van der Waals surface area contributed by atoms with Gasteiger partial charge in [0.2, 0.25) is 0 Å². The van der Waals surface area contributed by atoms with Crippen LogP contribution in [0.25, 0.3) is 0 Å². The molecule has 1 spiro atoms. The topological polar surface area (TPSA) is 83.1 Å². The number of rotatable bonds is 6. The molecule has 31 heavy (non-hydrogen) atoms. The number of carbonyl (C=O) groups is 2. The average molecular weight is 425 g/mol. The number of anilines is 1. The molecule has 2 aliphatic rings. The number of hydrogen-bond donors (Lipinski definition) is 1. The van der Waals surface area contributed by atoms with E-state index in [1.807, 2.05) is 13.8 Å². The molecule has 164 valence electrons. The van der Waals surface area contributed by atoms with Crippen LogP contribution in [0.2, 0.25) is 0 Å². The van der Waals surface area contributed by atoms with Gasteiger partial charge in [-0.1, -0.05) is 6.42 Å². The number of esters is 1. The first kappa shape index (κ1) is 21.0. The number of nitrogens with one attached hydrogen (secondary N) is 1. The van der Waals surface area contributed by atoms with Gasteiger partial charge in [0.1, 0.15) is 5.75 Å². The minimum absolute atomic E-state index is 0.0471. The number of ether oxygens (including phenoxy) is 4. The van der Waals surface area contributed by atoms with Gasteiger partial charge in [-0.25, -0.2) is 4.79 Å². The number of amides is 1. The maximum Gasteiger partial charge on any atom is 0.338 e. The normalized spacial score (nSPS) is 16.2. The molecule has 1 aliphatic heterocycles. The third kappa shape index (κ3) is 5.10. The van der Waals surface area contributed by atoms with Gasteiger partial charge < -0.3 is 24.3 Å². The fourth-order valence-electron chi connectivity index (χ4n) is 3.82. The lowest BCUT2D eigenvalue weighted by atomic mass is 9.94. The van der Waals surface area contributed by atoms with Crippen LogP contribution < -0.4 is 19.5 Å². The van der Waals surface area contributed by atoms with Gasteiger partial charge in [0.05, 0.1) is 11.7 Å². The quantitative estimate of drug-likeness (QED) is 0.676. The molecular weight excluding hydrogens is 398 g/mol. The monoisotopic (exact) mass is 425 g/mol. The van der Waals surface area contributed by atoms with E-state index < -0.39 is 17.7 Å². The van der Waals surface area contributed by atoms with Crippen LogP contribution in [0.15, 0.2) is 42.5 Å². The van der Waals surface area contributed by atoms with Crippen LogP contribution in [0.4, 0.5) is 5.69 Å². The van der Waals surface area contributed by atoms with Crippen LogP contribution in [0.1, 0.15) is 56.3 Å². The molecule has 0 unspecified atom stereocenters. The lowest BCUT2D eigenvalue weighted by molar-refractivity contribution is -0.119. The van der Waals surface area contributed by atoms with Crippen molar-refractivity contribution in [2.75, 3.05) is 11.9 Å². The highest BCUT2D eigenvalue weighted by molar-refractivity contribution is 5.95. The summed E-state index contributed by atoms with van der Waals surface area (Å²) in [5.74, 6) is 0.420. The van der Waals surface area contributed by atoms with Crippen LogP contribution in [-0.2, 0) is 9.53 Å². The van der Waals surface area contributed by atoms with Gasteiger partial charge in [0.15, 0.2) is 18.1 Å². The van der Waals surface area contributed by atoms with Gasteiger partial charge in [-0.3, -0.25) is 4.79 Å². The Labute approximate surface area is 181 Å². The Kier molecular flexibility index (Phi) is 6.02. The molecule has 0 radical (unpaired) electrons. The molecule has 2 aromatic carbocycles. The fourth-order valence-corrected chi connectivity index (χ4v) is 3.82. The standard InChI is InChI=1S/C24H27NO6/c1-16(2)29-19-9-6-17(7-10-19)23(27)28-15-22(26)25-18-8-11-20-21(14-18)31-24(30-20)12-4-3-5-13-24/h6-11,14,16H,3-5,12-13,15H2,1-2H3,(H,25,26). The van der Waals surface area contributed by atoms with Crippen LogP contribution in [-0.4, -0.2) is 30.4 Å². The van der Waals surface area contributed by atoms with Gasteiger partial charge in [-0.15, -0.1) is 0 Å². The van der Waals surface area contributed by atoms with Gasteiger partial charge in [0, 0.05) is 24.6 Å². The Morgan fingerprint density at radius 2 is 1.71 bits per heavy atom. The summed E-state index contributed by atoms with van der Waals surface area (Å²) >= 11 is 0. The lowest BCUT2D eigenvalue weighted by Crippen LogP contribution is -2.40. The first-order valence-corrected chi connectivity index (χ1v) is 10.7. The Morgan fingerprint density at radius 3 is 2.42 bits per heavy atom. The molecule has 0 atom stereocenters. The van der Waals surface area contributed by atoms with Crippen LogP contribution in [0, 0.1) is 0 Å². The number of benzene rings is 2. The van der Waals surface area contributed by atoms with E-state index in [4.69, 9.17) is 18.9 Å². The zero-order valence-corrected chi connectivity index (χ0v) is 17.8. The molecule has 4 rings (SSSR count). The van der Waals surface area contributed by atoms with E-state index in [9.17, 15) is 9.59 Å². The predicted octanol–water partition coefficient (Wildman–Crippen LogP) is 4.70. The van der Waals surface area contributed by atoms with Crippen molar-refractivity contribution in [3.63, 3.8) is 0 Å². The van der Waals surface area contributed by atoms with Crippen molar-refractivity contribution in [2.24, 2.45) is 0 Å². The maximum absolute atomic E-state index is 12.2. The van der Waals surface area contributed by atoms with Crippen molar-refractivity contribution in [1.82, 2.24) is 0 Å². The second kappa shape index (κ2) is 8.88. The summed E-state index contributed by atoms with van der Waals surface area (Å²) in [6.07, 6.45) is 5.13. The molecule has 0 saturated heterocycles. The smallest absolute Gasteiger partial charge is 0.338 e.